The van der Waals surface area contributed by atoms with E-state index in [0.717, 1.165) is 0 Å². The molecular weight excluding hydrogens is 244 g/mol. The molecule has 5 nitrogen and oxygen atoms in total. The Balaban J connectivity index is 4.29. The predicted octanol–water partition coefficient (Wildman–Crippen LogP) is 2.42. The van der Waals surface area contributed by atoms with Crippen molar-refractivity contribution >= 4 is 12.0 Å². The van der Waals surface area contributed by atoms with Crippen LogP contribution < -0.4 is 5.32 Å². The lowest BCUT2D eigenvalue weighted by Crippen LogP contribution is -2.44. The molecule has 0 aromatic carbocycles. The Morgan fingerprint density at radius 2 is 1.79 bits per heavy atom. The predicted molar refractivity (Wildman–Crippen MR) is 76.1 cm³/mol. The number of carboxylic acids is 1. The number of carboxylic acid groups (broad SMARTS) is 1. The minimum absolute atomic E-state index is 0.0240. The van der Waals surface area contributed by atoms with Crippen LogP contribution >= 0.6 is 0 Å². The van der Waals surface area contributed by atoms with E-state index in [1.807, 2.05) is 13.8 Å². The molecule has 0 aromatic heterocycles. The maximum Gasteiger partial charge on any atom is 0.317 e. The van der Waals surface area contributed by atoms with Crippen molar-refractivity contribution in [3.05, 3.63) is 0 Å². The van der Waals surface area contributed by atoms with Crippen molar-refractivity contribution in [3.8, 4) is 0 Å². The fraction of sp³-hybridized carbons (Fsp3) is 0.857. The summed E-state index contributed by atoms with van der Waals surface area (Å²) in [6, 6.07) is -0.218. The summed E-state index contributed by atoms with van der Waals surface area (Å²) in [6.45, 7) is 10.9. The molecule has 19 heavy (non-hydrogen) atoms. The van der Waals surface area contributed by atoms with Crippen molar-refractivity contribution in [3.63, 3.8) is 0 Å². The molecule has 0 radical (unpaired) electrons. The Morgan fingerprint density at radius 1 is 1.26 bits per heavy atom. The largest absolute Gasteiger partial charge is 0.481 e. The van der Waals surface area contributed by atoms with Gasteiger partial charge in [-0.25, -0.2) is 4.79 Å². The zero-order chi connectivity index (χ0) is 15.2. The number of nitrogens with one attached hydrogen (secondary N) is 1. The van der Waals surface area contributed by atoms with Crippen LogP contribution in [0.4, 0.5) is 4.79 Å². The second-order valence-corrected chi connectivity index (χ2v) is 6.77. The maximum absolute atomic E-state index is 11.9. The highest BCUT2D eigenvalue weighted by atomic mass is 16.4. The van der Waals surface area contributed by atoms with Crippen LogP contribution in [0.25, 0.3) is 0 Å². The van der Waals surface area contributed by atoms with Gasteiger partial charge in [0.25, 0.3) is 0 Å². The second-order valence-electron chi connectivity index (χ2n) is 6.77. The van der Waals surface area contributed by atoms with Gasteiger partial charge in [0.2, 0.25) is 0 Å². The summed E-state index contributed by atoms with van der Waals surface area (Å²) in [4.78, 5) is 24.5. The van der Waals surface area contributed by atoms with E-state index in [-0.39, 0.29) is 18.0 Å². The van der Waals surface area contributed by atoms with Gasteiger partial charge < -0.3 is 15.3 Å². The van der Waals surface area contributed by atoms with Gasteiger partial charge in [-0.15, -0.1) is 0 Å². The number of carbonyl (C=O) groups excluding carboxylic acids is 1. The first-order valence-corrected chi connectivity index (χ1v) is 6.74. The zero-order valence-electron chi connectivity index (χ0n) is 13.0. The first-order valence-electron chi connectivity index (χ1n) is 6.74. The van der Waals surface area contributed by atoms with Gasteiger partial charge in [0.15, 0.2) is 0 Å². The SMILES string of the molecule is CC(C)CC(CNC(=O)N(C)CC(C)(C)C)C(=O)O. The van der Waals surface area contributed by atoms with Crippen molar-refractivity contribution < 1.29 is 14.7 Å². The molecule has 0 rings (SSSR count). The lowest BCUT2D eigenvalue weighted by atomic mass is 9.96. The molecule has 2 N–H and O–H groups in total. The highest BCUT2D eigenvalue weighted by molar-refractivity contribution is 5.75. The topological polar surface area (TPSA) is 69.6 Å². The monoisotopic (exact) mass is 272 g/mol. The van der Waals surface area contributed by atoms with Gasteiger partial charge in [0, 0.05) is 20.1 Å². The summed E-state index contributed by atoms with van der Waals surface area (Å²) in [7, 11) is 1.72. The van der Waals surface area contributed by atoms with E-state index in [4.69, 9.17) is 5.11 Å². The van der Waals surface area contributed by atoms with Crippen LogP contribution in [0.3, 0.4) is 0 Å². The number of aliphatic carboxylic acids is 1. The standard InChI is InChI=1S/C14H28N2O3/c1-10(2)7-11(12(17)18)8-15-13(19)16(6)9-14(3,4)5/h10-11H,7-9H2,1-6H3,(H,15,19)(H,17,18). The Bertz CT molecular complexity index is 308. The molecule has 1 atom stereocenters. The molecule has 0 saturated carbocycles. The molecule has 0 fully saturated rings. The summed E-state index contributed by atoms with van der Waals surface area (Å²) < 4.78 is 0. The highest BCUT2D eigenvalue weighted by Crippen LogP contribution is 2.14. The average molecular weight is 272 g/mol. The first-order chi connectivity index (χ1) is 8.53. The molecule has 2 amide bonds. The van der Waals surface area contributed by atoms with Crippen molar-refractivity contribution in [1.82, 2.24) is 10.2 Å². The molecule has 1 unspecified atom stereocenters. The zero-order valence-corrected chi connectivity index (χ0v) is 13.0. The summed E-state index contributed by atoms with van der Waals surface area (Å²) in [5.41, 5.74) is 0.0240. The fourth-order valence-corrected chi connectivity index (χ4v) is 1.97. The van der Waals surface area contributed by atoms with Gasteiger partial charge in [-0.2, -0.15) is 0 Å². The summed E-state index contributed by atoms with van der Waals surface area (Å²) in [5.74, 6) is -1.08. The number of urea groups is 1. The molecule has 112 valence electrons. The van der Waals surface area contributed by atoms with Gasteiger partial charge in [-0.1, -0.05) is 34.6 Å². The van der Waals surface area contributed by atoms with Crippen molar-refractivity contribution in [2.45, 2.75) is 41.0 Å². The maximum atomic E-state index is 11.9. The van der Waals surface area contributed by atoms with E-state index in [2.05, 4.69) is 26.1 Å². The Kier molecular flexibility index (Phi) is 6.87. The van der Waals surface area contributed by atoms with Crippen LogP contribution in [0.2, 0.25) is 0 Å². The number of nitrogens with zero attached hydrogens (tertiary/aromatic N) is 1. The molecular formula is C14H28N2O3. The summed E-state index contributed by atoms with van der Waals surface area (Å²) in [5, 5.41) is 11.8. The number of hydrogen-bond donors (Lipinski definition) is 2. The van der Waals surface area contributed by atoms with Gasteiger partial charge in [-0.05, 0) is 17.8 Å². The third kappa shape index (κ3) is 8.46. The normalized spacial score (nSPS) is 13.2. The van der Waals surface area contributed by atoms with E-state index in [9.17, 15) is 9.59 Å². The van der Waals surface area contributed by atoms with Crippen LogP contribution in [-0.2, 0) is 4.79 Å². The number of rotatable bonds is 6. The molecule has 0 spiro atoms. The van der Waals surface area contributed by atoms with Crippen LogP contribution in [0.1, 0.15) is 41.0 Å². The van der Waals surface area contributed by atoms with Crippen molar-refractivity contribution in [2.24, 2.45) is 17.3 Å². The van der Waals surface area contributed by atoms with Crippen LogP contribution in [-0.4, -0.2) is 42.1 Å². The van der Waals surface area contributed by atoms with Crippen LogP contribution in [0.15, 0.2) is 0 Å². The molecule has 0 saturated heterocycles. The number of carbonyl (C=O) groups is 2. The third-order valence-electron chi connectivity index (χ3n) is 2.66. The third-order valence-corrected chi connectivity index (χ3v) is 2.66. The molecule has 0 aliphatic rings. The van der Waals surface area contributed by atoms with Crippen molar-refractivity contribution in [1.29, 1.82) is 0 Å². The number of hydrogen-bond acceptors (Lipinski definition) is 2. The smallest absolute Gasteiger partial charge is 0.317 e. The van der Waals surface area contributed by atoms with E-state index in [1.54, 1.807) is 11.9 Å². The van der Waals surface area contributed by atoms with Crippen LogP contribution in [0, 0.1) is 17.3 Å². The summed E-state index contributed by atoms with van der Waals surface area (Å²) >= 11 is 0. The molecule has 0 aliphatic heterocycles. The average Bonchev–Trinajstić information content (AvgIpc) is 2.20. The Hall–Kier alpha value is -1.26. The van der Waals surface area contributed by atoms with Crippen LogP contribution in [0.5, 0.6) is 0 Å². The molecule has 0 aliphatic carbocycles. The van der Waals surface area contributed by atoms with Gasteiger partial charge in [0.05, 0.1) is 5.92 Å². The Morgan fingerprint density at radius 3 is 2.16 bits per heavy atom. The minimum Gasteiger partial charge on any atom is -0.481 e. The van der Waals surface area contributed by atoms with Gasteiger partial charge in [-0.3, -0.25) is 4.79 Å². The van der Waals surface area contributed by atoms with E-state index < -0.39 is 11.9 Å². The molecule has 0 aromatic rings. The lowest BCUT2D eigenvalue weighted by molar-refractivity contribution is -0.142. The quantitative estimate of drug-likeness (QED) is 0.780. The van der Waals surface area contributed by atoms with Gasteiger partial charge >= 0.3 is 12.0 Å². The summed E-state index contributed by atoms with van der Waals surface area (Å²) in [6.07, 6.45) is 0.568. The minimum atomic E-state index is -0.854. The van der Waals surface area contributed by atoms with E-state index in [1.165, 1.54) is 0 Å². The first kappa shape index (κ1) is 17.7. The fourth-order valence-electron chi connectivity index (χ4n) is 1.97. The van der Waals surface area contributed by atoms with E-state index >= 15 is 0 Å². The molecule has 0 bridgehead atoms. The van der Waals surface area contributed by atoms with E-state index in [0.29, 0.717) is 18.9 Å². The van der Waals surface area contributed by atoms with Gasteiger partial charge in [0.1, 0.15) is 0 Å². The Labute approximate surface area is 116 Å². The highest BCUT2D eigenvalue weighted by Gasteiger charge is 2.22. The molecule has 5 heteroatoms. The van der Waals surface area contributed by atoms with Crippen molar-refractivity contribution in [2.75, 3.05) is 20.1 Å². The molecule has 0 heterocycles. The lowest BCUT2D eigenvalue weighted by Gasteiger charge is -2.27. The number of amides is 2. The second kappa shape index (κ2) is 7.36.